The number of nitrogens with one attached hydrogen (secondary N) is 2. The highest BCUT2D eigenvalue weighted by atomic mass is 19.2. The molecular formula is C19H19F4N3O2. The Morgan fingerprint density at radius 1 is 1.00 bits per heavy atom. The summed E-state index contributed by atoms with van der Waals surface area (Å²) in [5.74, 6) is -4.51. The highest BCUT2D eigenvalue weighted by Crippen LogP contribution is 2.32. The van der Waals surface area contributed by atoms with Gasteiger partial charge < -0.3 is 20.1 Å². The molecule has 1 heterocycles. The molecule has 0 atom stereocenters. The Morgan fingerprint density at radius 2 is 1.68 bits per heavy atom. The highest BCUT2D eigenvalue weighted by Gasteiger charge is 2.19. The molecule has 0 radical (unpaired) electrons. The average molecular weight is 397 g/mol. The summed E-state index contributed by atoms with van der Waals surface area (Å²) in [6.45, 7) is 2.75. The number of rotatable bonds is 4. The van der Waals surface area contributed by atoms with Gasteiger partial charge in [-0.25, -0.2) is 22.6 Å². The zero-order chi connectivity index (χ0) is 20.1. The Bertz CT molecular complexity index is 864. The molecule has 28 heavy (non-hydrogen) atoms. The molecule has 0 aromatic heterocycles. The molecule has 0 aliphatic carbocycles. The van der Waals surface area contributed by atoms with Crippen LogP contribution in [0.5, 0.6) is 11.5 Å². The Morgan fingerprint density at radius 3 is 2.36 bits per heavy atom. The fourth-order valence-corrected chi connectivity index (χ4v) is 2.60. The van der Waals surface area contributed by atoms with Crippen molar-refractivity contribution in [1.29, 1.82) is 0 Å². The van der Waals surface area contributed by atoms with Crippen LogP contribution in [0.25, 0.3) is 0 Å². The molecule has 3 rings (SSSR count). The first-order valence-electron chi connectivity index (χ1n) is 8.76. The van der Waals surface area contributed by atoms with Gasteiger partial charge in [0.25, 0.3) is 0 Å². The van der Waals surface area contributed by atoms with Crippen LogP contribution in [0.4, 0.5) is 23.2 Å². The number of fused-ring (bicyclic) bond motifs is 1. The number of ether oxygens (including phenoxy) is 2. The van der Waals surface area contributed by atoms with Gasteiger partial charge in [-0.1, -0.05) is 0 Å². The number of hydrogen-bond donors (Lipinski definition) is 2. The lowest BCUT2D eigenvalue weighted by atomic mass is 10.2. The molecule has 150 valence electrons. The normalized spacial score (nSPS) is 13.8. The largest absolute Gasteiger partial charge is 0.490 e. The third kappa shape index (κ3) is 4.47. The van der Waals surface area contributed by atoms with Crippen LogP contribution in [-0.2, 0) is 6.54 Å². The molecule has 0 unspecified atom stereocenters. The van der Waals surface area contributed by atoms with Gasteiger partial charge >= 0.3 is 0 Å². The Labute approximate surface area is 159 Å². The highest BCUT2D eigenvalue weighted by molar-refractivity contribution is 5.93. The zero-order valence-electron chi connectivity index (χ0n) is 15.1. The lowest BCUT2D eigenvalue weighted by Crippen LogP contribution is -2.30. The van der Waals surface area contributed by atoms with Crippen molar-refractivity contribution in [2.75, 3.05) is 25.1 Å². The summed E-state index contributed by atoms with van der Waals surface area (Å²) < 4.78 is 65.5. The molecule has 2 aromatic carbocycles. The van der Waals surface area contributed by atoms with Gasteiger partial charge in [0.1, 0.15) is 0 Å². The first kappa shape index (κ1) is 19.8. The van der Waals surface area contributed by atoms with Crippen LogP contribution in [0.3, 0.4) is 0 Å². The van der Waals surface area contributed by atoms with Gasteiger partial charge in [0.05, 0.1) is 25.3 Å². The molecule has 0 spiro atoms. The van der Waals surface area contributed by atoms with Crippen LogP contribution in [0, 0.1) is 23.3 Å². The van der Waals surface area contributed by atoms with E-state index in [0.717, 1.165) is 6.42 Å². The van der Waals surface area contributed by atoms with Crippen LogP contribution < -0.4 is 20.1 Å². The van der Waals surface area contributed by atoms with Gasteiger partial charge in [-0.3, -0.25) is 0 Å². The lowest BCUT2D eigenvalue weighted by molar-refractivity contribution is 0.297. The van der Waals surface area contributed by atoms with Gasteiger partial charge in [0, 0.05) is 30.8 Å². The maximum Gasteiger partial charge on any atom is 0.196 e. The summed E-state index contributed by atoms with van der Waals surface area (Å²) in [5.41, 5.74) is -0.191. The average Bonchev–Trinajstić information content (AvgIpc) is 2.91. The second-order valence-electron chi connectivity index (χ2n) is 5.98. The van der Waals surface area contributed by atoms with E-state index in [9.17, 15) is 17.6 Å². The van der Waals surface area contributed by atoms with E-state index in [1.807, 2.05) is 0 Å². The Kier molecular flexibility index (Phi) is 6.23. The van der Waals surface area contributed by atoms with E-state index in [1.165, 1.54) is 0 Å². The van der Waals surface area contributed by atoms with Crippen LogP contribution in [0.15, 0.2) is 29.3 Å². The van der Waals surface area contributed by atoms with Crippen molar-refractivity contribution < 1.29 is 27.0 Å². The van der Waals surface area contributed by atoms with E-state index in [1.54, 1.807) is 25.1 Å². The van der Waals surface area contributed by atoms with Crippen LogP contribution in [0.1, 0.15) is 18.9 Å². The summed E-state index contributed by atoms with van der Waals surface area (Å²) in [4.78, 5) is 4.02. The summed E-state index contributed by atoms with van der Waals surface area (Å²) in [7, 11) is 0. The van der Waals surface area contributed by atoms with Crippen molar-refractivity contribution in [3.8, 4) is 11.5 Å². The van der Waals surface area contributed by atoms with Crippen molar-refractivity contribution in [2.24, 2.45) is 4.99 Å². The topological polar surface area (TPSA) is 54.9 Å². The molecule has 0 bridgehead atoms. The Hall–Kier alpha value is -2.97. The van der Waals surface area contributed by atoms with Crippen molar-refractivity contribution in [1.82, 2.24) is 5.32 Å². The molecule has 2 aromatic rings. The molecule has 0 saturated carbocycles. The molecular weight excluding hydrogens is 378 g/mol. The smallest absolute Gasteiger partial charge is 0.196 e. The third-order valence-electron chi connectivity index (χ3n) is 3.95. The molecule has 2 N–H and O–H groups in total. The number of aliphatic imine (C=N–C) groups is 1. The number of halogens is 4. The monoisotopic (exact) mass is 397 g/mol. The predicted octanol–water partition coefficient (Wildman–Crippen LogP) is 3.98. The Balaban J connectivity index is 1.82. The molecule has 1 aliphatic heterocycles. The second-order valence-corrected chi connectivity index (χ2v) is 5.98. The van der Waals surface area contributed by atoms with Gasteiger partial charge in [0.2, 0.25) is 0 Å². The third-order valence-corrected chi connectivity index (χ3v) is 3.95. The van der Waals surface area contributed by atoms with Crippen molar-refractivity contribution in [2.45, 2.75) is 19.9 Å². The van der Waals surface area contributed by atoms with Gasteiger partial charge in [-0.15, -0.1) is 0 Å². The van der Waals surface area contributed by atoms with Crippen LogP contribution in [0.2, 0.25) is 0 Å². The lowest BCUT2D eigenvalue weighted by Gasteiger charge is -2.14. The molecule has 9 heteroatoms. The number of benzene rings is 2. The maximum absolute atomic E-state index is 13.8. The van der Waals surface area contributed by atoms with Crippen LogP contribution >= 0.6 is 0 Å². The molecule has 0 amide bonds. The van der Waals surface area contributed by atoms with Gasteiger partial charge in [-0.05, 0) is 19.1 Å². The minimum atomic E-state index is -1.47. The molecule has 5 nitrogen and oxygen atoms in total. The predicted molar refractivity (Wildman–Crippen MR) is 96.8 cm³/mol. The number of hydrogen-bond acceptors (Lipinski definition) is 3. The minimum absolute atomic E-state index is 0.166. The second kappa shape index (κ2) is 8.81. The van der Waals surface area contributed by atoms with Crippen molar-refractivity contribution in [3.63, 3.8) is 0 Å². The SMILES string of the molecule is CCNC(=NCc1c(F)c(F)cc(F)c1F)Nc1ccc2c(c1)OCCCO2. The number of guanidine groups is 1. The van der Waals surface area contributed by atoms with E-state index in [-0.39, 0.29) is 12.0 Å². The fraction of sp³-hybridized carbons (Fsp3) is 0.316. The number of anilines is 1. The van der Waals surface area contributed by atoms with Crippen molar-refractivity contribution in [3.05, 3.63) is 53.1 Å². The summed E-state index contributed by atoms with van der Waals surface area (Å²) in [6.07, 6.45) is 0.767. The van der Waals surface area contributed by atoms with E-state index < -0.39 is 35.4 Å². The quantitative estimate of drug-likeness (QED) is 0.355. The van der Waals surface area contributed by atoms with Crippen molar-refractivity contribution >= 4 is 11.6 Å². The zero-order valence-corrected chi connectivity index (χ0v) is 15.1. The molecule has 0 fully saturated rings. The van der Waals surface area contributed by atoms with E-state index in [0.29, 0.717) is 36.9 Å². The van der Waals surface area contributed by atoms with Crippen LogP contribution in [-0.4, -0.2) is 25.7 Å². The first-order valence-corrected chi connectivity index (χ1v) is 8.76. The van der Waals surface area contributed by atoms with Gasteiger partial charge in [-0.2, -0.15) is 0 Å². The summed E-state index contributed by atoms with van der Waals surface area (Å²) in [5, 5.41) is 5.86. The maximum atomic E-state index is 13.8. The standard InChI is InChI=1S/C19H19F4N3O2/c1-2-24-19(25-10-12-17(22)13(20)9-14(21)18(12)23)26-11-4-5-15-16(8-11)28-7-3-6-27-15/h4-5,8-9H,2-3,6-7,10H2,1H3,(H2,24,25,26). The molecule has 1 aliphatic rings. The summed E-state index contributed by atoms with van der Waals surface area (Å²) in [6, 6.07) is 5.33. The first-order chi connectivity index (χ1) is 13.5. The molecule has 0 saturated heterocycles. The number of nitrogens with zero attached hydrogens (tertiary/aromatic N) is 1. The fourth-order valence-electron chi connectivity index (χ4n) is 2.60. The van der Waals surface area contributed by atoms with E-state index in [2.05, 4.69) is 15.6 Å². The minimum Gasteiger partial charge on any atom is -0.490 e. The summed E-state index contributed by atoms with van der Waals surface area (Å²) >= 11 is 0. The van der Waals surface area contributed by atoms with E-state index >= 15 is 0 Å². The van der Waals surface area contributed by atoms with Gasteiger partial charge in [0.15, 0.2) is 40.7 Å². The van der Waals surface area contributed by atoms with E-state index in [4.69, 9.17) is 9.47 Å².